The van der Waals surface area contributed by atoms with Gasteiger partial charge in [-0.15, -0.1) is 0 Å². The van der Waals surface area contributed by atoms with Crippen LogP contribution in [0.1, 0.15) is 75.2 Å². The van der Waals surface area contributed by atoms with E-state index in [2.05, 4.69) is 45.6 Å². The Kier molecular flexibility index (Phi) is 18.9. The highest BCUT2D eigenvalue weighted by molar-refractivity contribution is 6.43. The quantitative estimate of drug-likeness (QED) is 0.0538. The molecule has 0 unspecified atom stereocenters. The second kappa shape index (κ2) is 22.5. The maximum absolute atomic E-state index is 13.2. The molecule has 0 bridgehead atoms. The van der Waals surface area contributed by atoms with Crippen molar-refractivity contribution in [3.8, 4) is 11.1 Å². The second-order valence-corrected chi connectivity index (χ2v) is 12.6. The summed E-state index contributed by atoms with van der Waals surface area (Å²) in [5.74, 6) is -4.27. The van der Waals surface area contributed by atoms with E-state index in [1.165, 1.54) is 19.4 Å². The summed E-state index contributed by atoms with van der Waals surface area (Å²) in [5, 5.41) is 31.4. The molecule has 13 N–H and O–H groups in total. The molecule has 16 heteroatoms. The number of rotatable bonds is 22. The first kappa shape index (κ1) is 42.8. The summed E-state index contributed by atoms with van der Waals surface area (Å²) in [4.78, 5) is 65.1. The smallest absolute Gasteiger partial charge is 0.426 e. The molecule has 0 radical (unpaired) electrons. The number of nitrogens with one attached hydrogen (secondary N) is 5. The van der Waals surface area contributed by atoms with Crippen LogP contribution in [0, 0.1) is 0 Å². The SMILES string of the molecule is CCCCc1ccc(-c2ccc(C(=O)N[C@@H](CN)C(=O)N[C@@H](CCN)C(=O)N[C@@H](C)C(=O)N[C@@H](CCCCN)C(=O)N[C@@H](C)B(O)O)cc2)cc1. The van der Waals surface area contributed by atoms with E-state index in [-0.39, 0.29) is 25.9 Å². The standard InChI is InChI=1S/C35H55BN8O7/c1-4-5-8-24-10-12-25(13-11-24)26-14-16-27(17-15-26)32(46)44-30(21-39)35(49)43-29(18-20-38)33(47)40-22(2)31(45)42-28(9-6-7-19-37)34(48)41-23(3)36(50)51/h10-17,22-23,28-30,50-51H,4-9,18-21,37-39H2,1-3H3,(H,40,47)(H,41,48)(H,42,45)(H,43,49)(H,44,46)/t22-,23-,28-,29-,30-/m0/s1. The first-order chi connectivity index (χ1) is 24.3. The summed E-state index contributed by atoms with van der Waals surface area (Å²) in [6.45, 7) is 5.10. The van der Waals surface area contributed by atoms with Crippen LogP contribution in [0.25, 0.3) is 11.1 Å². The molecule has 0 heterocycles. The van der Waals surface area contributed by atoms with E-state index in [1.54, 1.807) is 12.1 Å². The maximum atomic E-state index is 13.2. The Hall–Kier alpha value is -4.35. The number of unbranched alkanes of at least 4 members (excludes halogenated alkanes) is 2. The molecular formula is C35H55BN8O7. The molecule has 2 aromatic carbocycles. The normalized spacial score (nSPS) is 13.9. The van der Waals surface area contributed by atoms with E-state index in [0.717, 1.165) is 30.4 Å². The van der Waals surface area contributed by atoms with Gasteiger partial charge < -0.3 is 53.8 Å². The van der Waals surface area contributed by atoms with Gasteiger partial charge in [0.2, 0.25) is 23.6 Å². The highest BCUT2D eigenvalue weighted by Crippen LogP contribution is 2.21. The molecule has 0 fully saturated rings. The van der Waals surface area contributed by atoms with E-state index >= 15 is 0 Å². The summed E-state index contributed by atoms with van der Waals surface area (Å²) < 4.78 is 0. The van der Waals surface area contributed by atoms with Crippen molar-refractivity contribution in [2.45, 2.75) is 95.8 Å². The molecule has 0 saturated carbocycles. The lowest BCUT2D eigenvalue weighted by molar-refractivity contribution is -0.133. The minimum absolute atomic E-state index is 0.0175. The van der Waals surface area contributed by atoms with Crippen LogP contribution >= 0.6 is 0 Å². The molecule has 0 aliphatic carbocycles. The van der Waals surface area contributed by atoms with Crippen LogP contribution < -0.4 is 43.8 Å². The zero-order valence-electron chi connectivity index (χ0n) is 29.8. The van der Waals surface area contributed by atoms with Gasteiger partial charge in [-0.25, -0.2) is 0 Å². The molecular weight excluding hydrogens is 655 g/mol. The third-order valence-electron chi connectivity index (χ3n) is 8.35. The van der Waals surface area contributed by atoms with Crippen molar-refractivity contribution in [2.24, 2.45) is 17.2 Å². The van der Waals surface area contributed by atoms with E-state index in [9.17, 15) is 34.0 Å². The number of nitrogens with two attached hydrogens (primary N) is 3. The zero-order chi connectivity index (χ0) is 37.9. The van der Waals surface area contributed by atoms with Crippen LogP contribution in [0.4, 0.5) is 0 Å². The minimum atomic E-state index is -1.80. The topological polar surface area (TPSA) is 264 Å². The lowest BCUT2D eigenvalue weighted by Gasteiger charge is -2.25. The van der Waals surface area contributed by atoms with Gasteiger partial charge in [0.25, 0.3) is 5.91 Å². The summed E-state index contributed by atoms with van der Waals surface area (Å²) in [6.07, 6.45) is 4.62. The monoisotopic (exact) mass is 710 g/mol. The molecule has 5 amide bonds. The molecule has 0 spiro atoms. The maximum Gasteiger partial charge on any atom is 0.475 e. The number of aryl methyl sites for hydroxylation is 1. The van der Waals surface area contributed by atoms with Gasteiger partial charge in [-0.2, -0.15) is 0 Å². The van der Waals surface area contributed by atoms with Crippen LogP contribution in [-0.4, -0.2) is 96.4 Å². The van der Waals surface area contributed by atoms with Crippen molar-refractivity contribution in [3.05, 3.63) is 59.7 Å². The average Bonchev–Trinajstić information content (AvgIpc) is 3.12. The number of hydrogen-bond acceptors (Lipinski definition) is 10. The minimum Gasteiger partial charge on any atom is -0.426 e. The third-order valence-corrected chi connectivity index (χ3v) is 8.35. The number of carbonyl (C=O) groups is 5. The van der Waals surface area contributed by atoms with Crippen molar-refractivity contribution in [3.63, 3.8) is 0 Å². The Labute approximate surface area is 300 Å². The van der Waals surface area contributed by atoms with Crippen LogP contribution in [0.2, 0.25) is 0 Å². The van der Waals surface area contributed by atoms with Crippen LogP contribution in [0.5, 0.6) is 0 Å². The van der Waals surface area contributed by atoms with Crippen molar-refractivity contribution < 1.29 is 34.0 Å². The Morgan fingerprint density at radius 2 is 1.20 bits per heavy atom. The molecule has 0 aliphatic heterocycles. The molecule has 2 rings (SSSR count). The van der Waals surface area contributed by atoms with Crippen molar-refractivity contribution in [2.75, 3.05) is 19.6 Å². The van der Waals surface area contributed by atoms with Crippen molar-refractivity contribution >= 4 is 36.7 Å². The lowest BCUT2D eigenvalue weighted by atomic mass is 9.81. The van der Waals surface area contributed by atoms with Gasteiger partial charge in [-0.3, -0.25) is 24.0 Å². The van der Waals surface area contributed by atoms with E-state index in [1.807, 2.05) is 24.3 Å². The fraction of sp³-hybridized carbons (Fsp3) is 0.514. The highest BCUT2D eigenvalue weighted by atomic mass is 16.4. The zero-order valence-corrected chi connectivity index (χ0v) is 29.8. The number of carbonyl (C=O) groups excluding carboxylic acids is 5. The van der Waals surface area contributed by atoms with Gasteiger partial charge in [0.1, 0.15) is 24.2 Å². The first-order valence-corrected chi connectivity index (χ1v) is 17.5. The van der Waals surface area contributed by atoms with E-state index in [0.29, 0.717) is 24.9 Å². The summed E-state index contributed by atoms with van der Waals surface area (Å²) in [5.41, 5.74) is 20.6. The molecule has 0 aromatic heterocycles. The summed E-state index contributed by atoms with van der Waals surface area (Å²) in [7, 11) is -1.80. The predicted molar refractivity (Wildman–Crippen MR) is 197 cm³/mol. The average molecular weight is 711 g/mol. The van der Waals surface area contributed by atoms with Crippen LogP contribution in [-0.2, 0) is 25.6 Å². The van der Waals surface area contributed by atoms with Crippen LogP contribution in [0.15, 0.2) is 48.5 Å². The van der Waals surface area contributed by atoms with Gasteiger partial charge >= 0.3 is 7.12 Å². The number of hydrogen-bond donors (Lipinski definition) is 10. The Balaban J connectivity index is 2.01. The summed E-state index contributed by atoms with van der Waals surface area (Å²) in [6, 6.07) is 10.7. The number of benzene rings is 2. The first-order valence-electron chi connectivity index (χ1n) is 17.5. The lowest BCUT2D eigenvalue weighted by Crippen LogP contribution is -2.59. The number of amides is 5. The Morgan fingerprint density at radius 3 is 1.75 bits per heavy atom. The fourth-order valence-electron chi connectivity index (χ4n) is 5.08. The molecule has 0 saturated heterocycles. The molecule has 5 atom stereocenters. The third kappa shape index (κ3) is 14.4. The molecule has 2 aromatic rings. The van der Waals surface area contributed by atoms with Gasteiger partial charge in [0, 0.05) is 12.1 Å². The summed E-state index contributed by atoms with van der Waals surface area (Å²) >= 11 is 0. The van der Waals surface area contributed by atoms with Crippen molar-refractivity contribution in [1.29, 1.82) is 0 Å². The fourth-order valence-corrected chi connectivity index (χ4v) is 5.08. The molecule has 15 nitrogen and oxygen atoms in total. The van der Waals surface area contributed by atoms with E-state index < -0.39 is 66.8 Å². The van der Waals surface area contributed by atoms with Gasteiger partial charge in [0.15, 0.2) is 0 Å². The largest absolute Gasteiger partial charge is 0.475 e. The Morgan fingerprint density at radius 1 is 0.647 bits per heavy atom. The predicted octanol–water partition coefficient (Wildman–Crippen LogP) is -0.778. The van der Waals surface area contributed by atoms with Gasteiger partial charge in [-0.05, 0) is 94.3 Å². The molecule has 51 heavy (non-hydrogen) atoms. The van der Waals surface area contributed by atoms with Crippen LogP contribution in [0.3, 0.4) is 0 Å². The van der Waals surface area contributed by atoms with Crippen molar-refractivity contribution in [1.82, 2.24) is 26.6 Å². The Bertz CT molecular complexity index is 1410. The second-order valence-electron chi connectivity index (χ2n) is 12.6. The van der Waals surface area contributed by atoms with Gasteiger partial charge in [0.05, 0.1) is 5.94 Å². The molecule has 0 aliphatic rings. The van der Waals surface area contributed by atoms with Gasteiger partial charge in [-0.1, -0.05) is 49.7 Å². The van der Waals surface area contributed by atoms with E-state index in [4.69, 9.17) is 17.2 Å². The highest BCUT2D eigenvalue weighted by Gasteiger charge is 2.30. The molecule has 280 valence electrons.